The van der Waals surface area contributed by atoms with Crippen LogP contribution in [0.3, 0.4) is 0 Å². The van der Waals surface area contributed by atoms with Gasteiger partial charge in [0.05, 0.1) is 5.02 Å². The maximum atomic E-state index is 12.4. The second kappa shape index (κ2) is 6.21. The summed E-state index contributed by atoms with van der Waals surface area (Å²) in [6, 6.07) is 19.6. The third-order valence-corrected chi connectivity index (χ3v) is 4.56. The molecule has 1 atom stereocenters. The zero-order chi connectivity index (χ0) is 15.6. The van der Waals surface area contributed by atoms with Crippen LogP contribution in [0.25, 0.3) is 10.8 Å². The molecule has 0 aliphatic carbocycles. The molecule has 3 rings (SSSR count). The Morgan fingerprint density at radius 1 is 0.773 bits per heavy atom. The van der Waals surface area contributed by atoms with Gasteiger partial charge < -0.3 is 9.05 Å². The Balaban J connectivity index is 1.90. The van der Waals surface area contributed by atoms with E-state index in [4.69, 9.17) is 31.9 Å². The molecule has 0 radical (unpaired) electrons. The van der Waals surface area contributed by atoms with E-state index < -0.39 is 6.95 Å². The Hall–Kier alpha value is -1.67. The van der Waals surface area contributed by atoms with Crippen molar-refractivity contribution in [1.29, 1.82) is 0 Å². The molecule has 0 aliphatic rings. The highest BCUT2D eigenvalue weighted by molar-refractivity contribution is 7.82. The van der Waals surface area contributed by atoms with Crippen molar-refractivity contribution in [3.8, 4) is 11.5 Å². The van der Waals surface area contributed by atoms with E-state index in [1.54, 1.807) is 36.4 Å². The van der Waals surface area contributed by atoms with Crippen molar-refractivity contribution < 1.29 is 13.6 Å². The van der Waals surface area contributed by atoms with E-state index in [1.165, 1.54) is 0 Å². The molecule has 0 aliphatic heterocycles. The maximum absolute atomic E-state index is 12.4. The average molecular weight is 353 g/mol. The molecule has 6 heteroatoms. The van der Waals surface area contributed by atoms with Gasteiger partial charge in [0.25, 0.3) is 0 Å². The van der Waals surface area contributed by atoms with Crippen LogP contribution in [0.1, 0.15) is 0 Å². The maximum Gasteiger partial charge on any atom is 0.530 e. The Morgan fingerprint density at radius 3 is 2.18 bits per heavy atom. The standard InChI is InChI=1S/C16H11Cl2O3P/c17-14-9-3-4-10-16(14)21-22(18,19)20-15-11-5-7-12-6-1-2-8-13(12)15/h1-11H. The minimum absolute atomic E-state index is 0.211. The van der Waals surface area contributed by atoms with Crippen molar-refractivity contribution in [3.63, 3.8) is 0 Å². The fourth-order valence-electron chi connectivity index (χ4n) is 2.05. The fraction of sp³-hybridized carbons (Fsp3) is 0. The summed E-state index contributed by atoms with van der Waals surface area (Å²) in [6.07, 6.45) is 0. The van der Waals surface area contributed by atoms with E-state index in [0.717, 1.165) is 10.8 Å². The lowest BCUT2D eigenvalue weighted by atomic mass is 10.1. The molecule has 0 heterocycles. The predicted molar refractivity (Wildman–Crippen MR) is 90.1 cm³/mol. The van der Waals surface area contributed by atoms with Crippen molar-refractivity contribution >= 4 is 40.6 Å². The Labute approximate surface area is 137 Å². The van der Waals surface area contributed by atoms with E-state index in [0.29, 0.717) is 10.8 Å². The largest absolute Gasteiger partial charge is 0.530 e. The number of hydrogen-bond acceptors (Lipinski definition) is 3. The normalized spacial score (nSPS) is 13.5. The van der Waals surface area contributed by atoms with E-state index >= 15 is 0 Å². The minimum Gasteiger partial charge on any atom is -0.404 e. The summed E-state index contributed by atoms with van der Waals surface area (Å²) in [6.45, 7) is -3.88. The first kappa shape index (κ1) is 15.2. The molecule has 3 aromatic rings. The SMILES string of the molecule is O=P(Cl)(Oc1ccccc1Cl)Oc1cccc2ccccc12. The lowest BCUT2D eigenvalue weighted by Gasteiger charge is -2.15. The lowest BCUT2D eigenvalue weighted by molar-refractivity contribution is 0.408. The van der Waals surface area contributed by atoms with Gasteiger partial charge in [0, 0.05) is 16.6 Å². The third kappa shape index (κ3) is 3.38. The zero-order valence-electron chi connectivity index (χ0n) is 11.3. The summed E-state index contributed by atoms with van der Waals surface area (Å²) in [5, 5.41) is 2.06. The Bertz CT molecular complexity index is 861. The van der Waals surface area contributed by atoms with E-state index in [-0.39, 0.29) is 5.75 Å². The summed E-state index contributed by atoms with van der Waals surface area (Å²) in [7, 11) is 0. The molecular formula is C16H11Cl2O3P. The molecule has 112 valence electrons. The molecule has 0 bridgehead atoms. The number of benzene rings is 3. The molecule has 0 aromatic heterocycles. The molecule has 0 amide bonds. The van der Waals surface area contributed by atoms with Gasteiger partial charge >= 0.3 is 6.95 Å². The number of para-hydroxylation sites is 1. The van der Waals surface area contributed by atoms with Crippen molar-refractivity contribution in [2.75, 3.05) is 0 Å². The van der Waals surface area contributed by atoms with Gasteiger partial charge in [0.2, 0.25) is 0 Å². The van der Waals surface area contributed by atoms with Gasteiger partial charge in [-0.1, -0.05) is 60.1 Å². The van der Waals surface area contributed by atoms with Crippen LogP contribution in [0.4, 0.5) is 0 Å². The average Bonchev–Trinajstić information content (AvgIpc) is 2.49. The molecule has 0 saturated carbocycles. The molecular weight excluding hydrogens is 342 g/mol. The van der Waals surface area contributed by atoms with Crippen LogP contribution in [0, 0.1) is 0 Å². The second-order valence-corrected chi connectivity index (χ2v) is 7.40. The molecule has 0 spiro atoms. The van der Waals surface area contributed by atoms with Crippen molar-refractivity contribution in [2.24, 2.45) is 0 Å². The highest BCUT2D eigenvalue weighted by atomic mass is 35.7. The number of rotatable bonds is 4. The first-order valence-electron chi connectivity index (χ1n) is 6.46. The second-order valence-electron chi connectivity index (χ2n) is 4.52. The number of halogens is 2. The smallest absolute Gasteiger partial charge is 0.404 e. The molecule has 3 nitrogen and oxygen atoms in total. The summed E-state index contributed by atoms with van der Waals surface area (Å²) in [5.41, 5.74) is 0. The van der Waals surface area contributed by atoms with Crippen LogP contribution in [0.2, 0.25) is 5.02 Å². The molecule has 0 fully saturated rings. The monoisotopic (exact) mass is 352 g/mol. The number of hydrogen-bond donors (Lipinski definition) is 0. The fourth-order valence-corrected chi connectivity index (χ4v) is 3.55. The first-order valence-corrected chi connectivity index (χ1v) is 9.29. The summed E-state index contributed by atoms with van der Waals surface area (Å²) < 4.78 is 23.1. The van der Waals surface area contributed by atoms with E-state index in [1.807, 2.05) is 30.3 Å². The van der Waals surface area contributed by atoms with Gasteiger partial charge in [-0.3, -0.25) is 0 Å². The van der Waals surface area contributed by atoms with E-state index in [9.17, 15) is 4.57 Å². The predicted octanol–water partition coefficient (Wildman–Crippen LogP) is 6.30. The van der Waals surface area contributed by atoms with Gasteiger partial charge in [0.15, 0.2) is 0 Å². The summed E-state index contributed by atoms with van der Waals surface area (Å²) in [5.74, 6) is 0.603. The van der Waals surface area contributed by atoms with Gasteiger partial charge in [-0.25, -0.2) is 4.57 Å². The van der Waals surface area contributed by atoms with Crippen LogP contribution in [-0.4, -0.2) is 0 Å². The lowest BCUT2D eigenvalue weighted by Crippen LogP contribution is -1.96. The van der Waals surface area contributed by atoms with Gasteiger partial charge in [-0.15, -0.1) is 0 Å². The molecule has 0 N–H and O–H groups in total. The zero-order valence-corrected chi connectivity index (χ0v) is 13.7. The molecule has 1 unspecified atom stereocenters. The van der Waals surface area contributed by atoms with Crippen LogP contribution in [0.5, 0.6) is 11.5 Å². The van der Waals surface area contributed by atoms with Crippen molar-refractivity contribution in [1.82, 2.24) is 0 Å². The van der Waals surface area contributed by atoms with Crippen molar-refractivity contribution in [2.45, 2.75) is 0 Å². The molecule has 3 aromatic carbocycles. The van der Waals surface area contributed by atoms with Gasteiger partial charge in [-0.05, 0) is 23.6 Å². The van der Waals surface area contributed by atoms with Crippen LogP contribution in [0.15, 0.2) is 66.7 Å². The number of fused-ring (bicyclic) bond motifs is 1. The third-order valence-electron chi connectivity index (χ3n) is 3.00. The first-order chi connectivity index (χ1) is 10.6. The highest BCUT2D eigenvalue weighted by Crippen LogP contribution is 2.55. The van der Waals surface area contributed by atoms with Gasteiger partial charge in [-0.2, -0.15) is 0 Å². The van der Waals surface area contributed by atoms with Crippen LogP contribution in [-0.2, 0) is 4.57 Å². The van der Waals surface area contributed by atoms with Crippen LogP contribution >= 0.6 is 29.8 Å². The van der Waals surface area contributed by atoms with Gasteiger partial charge in [0.1, 0.15) is 11.5 Å². The van der Waals surface area contributed by atoms with Crippen LogP contribution < -0.4 is 9.05 Å². The quantitative estimate of drug-likeness (QED) is 0.517. The van der Waals surface area contributed by atoms with E-state index in [2.05, 4.69) is 0 Å². The summed E-state index contributed by atoms with van der Waals surface area (Å²) in [4.78, 5) is 0. The molecule has 0 saturated heterocycles. The topological polar surface area (TPSA) is 35.5 Å². The Kier molecular flexibility index (Phi) is 4.30. The van der Waals surface area contributed by atoms with Crippen molar-refractivity contribution in [3.05, 3.63) is 71.8 Å². The summed E-state index contributed by atoms with van der Waals surface area (Å²) >= 11 is 11.9. The molecule has 22 heavy (non-hydrogen) atoms. The minimum atomic E-state index is -3.88. The Morgan fingerprint density at radius 2 is 1.36 bits per heavy atom. The highest BCUT2D eigenvalue weighted by Gasteiger charge is 2.26.